The third kappa shape index (κ3) is 2.38. The van der Waals surface area contributed by atoms with Crippen LogP contribution in [-0.2, 0) is 6.54 Å². The second-order valence-corrected chi connectivity index (χ2v) is 5.21. The maximum absolute atomic E-state index is 12.2. The lowest BCUT2D eigenvalue weighted by atomic mass is 10.1. The topological polar surface area (TPSA) is 34.9 Å². The largest absolute Gasteiger partial charge is 0.292 e. The first-order valence-electron chi connectivity index (χ1n) is 5.79. The van der Waals surface area contributed by atoms with E-state index in [0.29, 0.717) is 5.56 Å². The molecule has 1 aromatic carbocycles. The van der Waals surface area contributed by atoms with Crippen molar-refractivity contribution in [2.24, 2.45) is 0 Å². The van der Waals surface area contributed by atoms with E-state index >= 15 is 0 Å². The first-order chi connectivity index (χ1) is 8.50. The fraction of sp³-hybridized carbons (Fsp3) is 0.286. The highest BCUT2D eigenvalue weighted by Crippen LogP contribution is 2.18. The zero-order valence-corrected chi connectivity index (χ0v) is 12.3. The molecule has 18 heavy (non-hydrogen) atoms. The summed E-state index contributed by atoms with van der Waals surface area (Å²) in [4.78, 5) is 12.2. The van der Waals surface area contributed by atoms with Gasteiger partial charge in [-0.25, -0.2) is 0 Å². The van der Waals surface area contributed by atoms with Crippen LogP contribution in [0.15, 0.2) is 28.7 Å². The normalized spacial score (nSPS) is 10.7. The van der Waals surface area contributed by atoms with Crippen molar-refractivity contribution in [3.8, 4) is 0 Å². The van der Waals surface area contributed by atoms with E-state index in [9.17, 15) is 4.79 Å². The van der Waals surface area contributed by atoms with Crippen LogP contribution in [-0.4, -0.2) is 15.6 Å². The van der Waals surface area contributed by atoms with Crippen LogP contribution in [0, 0.1) is 20.8 Å². The first-order valence-corrected chi connectivity index (χ1v) is 6.58. The van der Waals surface area contributed by atoms with Gasteiger partial charge >= 0.3 is 0 Å². The van der Waals surface area contributed by atoms with E-state index in [0.717, 1.165) is 21.4 Å². The van der Waals surface area contributed by atoms with E-state index < -0.39 is 0 Å². The Morgan fingerprint density at radius 3 is 2.50 bits per heavy atom. The van der Waals surface area contributed by atoms with Crippen LogP contribution in [0.1, 0.15) is 27.3 Å². The molecule has 2 rings (SSSR count). The van der Waals surface area contributed by atoms with Crippen LogP contribution in [0.25, 0.3) is 0 Å². The van der Waals surface area contributed by atoms with Crippen molar-refractivity contribution >= 4 is 21.7 Å². The Balaban J connectivity index is 2.27. The number of Topliss-reactive ketones (excluding diaryl/α,β-unsaturated/α-hetero) is 1. The lowest BCUT2D eigenvalue weighted by Gasteiger charge is -2.05. The number of rotatable bonds is 3. The number of hydrogen-bond acceptors (Lipinski definition) is 2. The molecule has 94 valence electrons. The predicted octanol–water partition coefficient (Wildman–Crippen LogP) is 3.45. The average molecular weight is 307 g/mol. The maximum Gasteiger partial charge on any atom is 0.185 e. The van der Waals surface area contributed by atoms with Crippen molar-refractivity contribution in [1.29, 1.82) is 0 Å². The molecule has 0 atom stereocenters. The number of ketones is 1. The van der Waals surface area contributed by atoms with E-state index in [-0.39, 0.29) is 12.3 Å². The van der Waals surface area contributed by atoms with Crippen LogP contribution >= 0.6 is 15.9 Å². The first kappa shape index (κ1) is 13.0. The molecule has 4 heteroatoms. The standard InChI is InChI=1S/C14H15BrN2O/c1-9-10(2)16-17(11(9)3)8-14(18)12-6-4-5-7-13(12)15/h4-7H,8H2,1-3H3. The smallest absolute Gasteiger partial charge is 0.185 e. The summed E-state index contributed by atoms with van der Waals surface area (Å²) in [7, 11) is 0. The fourth-order valence-corrected chi connectivity index (χ4v) is 2.35. The van der Waals surface area contributed by atoms with Crippen LogP contribution in [0.3, 0.4) is 0 Å². The number of carbonyl (C=O) groups is 1. The summed E-state index contributed by atoms with van der Waals surface area (Å²) in [5.74, 6) is 0.0630. The van der Waals surface area contributed by atoms with Gasteiger partial charge in [0.05, 0.1) is 5.69 Å². The third-order valence-electron chi connectivity index (χ3n) is 3.21. The second kappa shape index (κ2) is 5.06. The molecule has 0 aliphatic heterocycles. The SMILES string of the molecule is Cc1nn(CC(=O)c2ccccc2Br)c(C)c1C. The summed E-state index contributed by atoms with van der Waals surface area (Å²) < 4.78 is 2.60. The van der Waals surface area contributed by atoms with Gasteiger partial charge in [-0.05, 0) is 32.4 Å². The molecular formula is C14H15BrN2O. The van der Waals surface area contributed by atoms with Crippen LogP contribution in [0.5, 0.6) is 0 Å². The van der Waals surface area contributed by atoms with E-state index in [2.05, 4.69) is 21.0 Å². The molecule has 3 nitrogen and oxygen atoms in total. The predicted molar refractivity (Wildman–Crippen MR) is 74.9 cm³/mol. The fourth-order valence-electron chi connectivity index (χ4n) is 1.85. The maximum atomic E-state index is 12.2. The molecule has 0 aliphatic rings. The van der Waals surface area contributed by atoms with Crippen molar-refractivity contribution in [2.45, 2.75) is 27.3 Å². The van der Waals surface area contributed by atoms with Gasteiger partial charge in [0, 0.05) is 15.7 Å². The van der Waals surface area contributed by atoms with Gasteiger partial charge in [0.25, 0.3) is 0 Å². The highest BCUT2D eigenvalue weighted by atomic mass is 79.9. The van der Waals surface area contributed by atoms with Gasteiger partial charge in [-0.1, -0.05) is 34.1 Å². The molecule has 0 aliphatic carbocycles. The number of benzene rings is 1. The molecule has 0 N–H and O–H groups in total. The lowest BCUT2D eigenvalue weighted by molar-refractivity contribution is 0.0966. The zero-order chi connectivity index (χ0) is 13.3. The molecule has 0 bridgehead atoms. The zero-order valence-electron chi connectivity index (χ0n) is 10.7. The van der Waals surface area contributed by atoms with Crippen LogP contribution < -0.4 is 0 Å². The molecule has 1 aromatic heterocycles. The number of aryl methyl sites for hydroxylation is 1. The summed E-state index contributed by atoms with van der Waals surface area (Å²) in [6.07, 6.45) is 0. The Hall–Kier alpha value is -1.42. The van der Waals surface area contributed by atoms with Gasteiger partial charge in [-0.2, -0.15) is 5.10 Å². The average Bonchev–Trinajstić information content (AvgIpc) is 2.57. The molecule has 0 unspecified atom stereocenters. The second-order valence-electron chi connectivity index (χ2n) is 4.36. The van der Waals surface area contributed by atoms with Gasteiger partial charge in [-0.15, -0.1) is 0 Å². The number of nitrogens with zero attached hydrogens (tertiary/aromatic N) is 2. The van der Waals surface area contributed by atoms with Crippen LogP contribution in [0.2, 0.25) is 0 Å². The molecule has 0 saturated heterocycles. The number of aromatic nitrogens is 2. The van der Waals surface area contributed by atoms with Gasteiger partial charge in [0.2, 0.25) is 0 Å². The molecule has 0 saturated carbocycles. The van der Waals surface area contributed by atoms with Crippen molar-refractivity contribution in [2.75, 3.05) is 0 Å². The minimum Gasteiger partial charge on any atom is -0.292 e. The summed E-state index contributed by atoms with van der Waals surface area (Å²) in [5, 5.41) is 4.39. The van der Waals surface area contributed by atoms with E-state index in [4.69, 9.17) is 0 Å². The lowest BCUT2D eigenvalue weighted by Crippen LogP contribution is -2.13. The summed E-state index contributed by atoms with van der Waals surface area (Å²) >= 11 is 3.40. The monoisotopic (exact) mass is 306 g/mol. The Morgan fingerprint density at radius 2 is 1.94 bits per heavy atom. The Morgan fingerprint density at radius 1 is 1.28 bits per heavy atom. The Bertz CT molecular complexity index is 602. The quantitative estimate of drug-likeness (QED) is 0.814. The Labute approximate surface area is 115 Å². The highest BCUT2D eigenvalue weighted by Gasteiger charge is 2.14. The highest BCUT2D eigenvalue weighted by molar-refractivity contribution is 9.10. The molecule has 0 spiro atoms. The summed E-state index contributed by atoms with van der Waals surface area (Å²) in [6.45, 7) is 6.25. The van der Waals surface area contributed by atoms with Gasteiger partial charge in [0.1, 0.15) is 6.54 Å². The van der Waals surface area contributed by atoms with Gasteiger partial charge in [-0.3, -0.25) is 9.48 Å². The molecule has 0 fully saturated rings. The van der Waals surface area contributed by atoms with E-state index in [1.165, 1.54) is 0 Å². The van der Waals surface area contributed by atoms with Gasteiger partial charge in [0.15, 0.2) is 5.78 Å². The summed E-state index contributed by atoms with van der Waals surface area (Å²) in [6, 6.07) is 7.46. The van der Waals surface area contributed by atoms with Gasteiger partial charge < -0.3 is 0 Å². The van der Waals surface area contributed by atoms with Crippen molar-refractivity contribution in [1.82, 2.24) is 9.78 Å². The third-order valence-corrected chi connectivity index (χ3v) is 3.90. The van der Waals surface area contributed by atoms with Crippen molar-refractivity contribution < 1.29 is 4.79 Å². The molecular weight excluding hydrogens is 292 g/mol. The minimum absolute atomic E-state index is 0.0630. The molecule has 1 heterocycles. The summed E-state index contributed by atoms with van der Waals surface area (Å²) in [5.41, 5.74) is 3.87. The molecule has 0 radical (unpaired) electrons. The number of hydrogen-bond donors (Lipinski definition) is 0. The van der Waals surface area contributed by atoms with Crippen molar-refractivity contribution in [3.05, 3.63) is 51.3 Å². The van der Waals surface area contributed by atoms with E-state index in [1.807, 2.05) is 45.0 Å². The van der Waals surface area contributed by atoms with E-state index in [1.54, 1.807) is 4.68 Å². The molecule has 0 amide bonds. The number of carbonyl (C=O) groups excluding carboxylic acids is 1. The minimum atomic E-state index is 0.0630. The number of halogens is 1. The van der Waals surface area contributed by atoms with Crippen molar-refractivity contribution in [3.63, 3.8) is 0 Å². The Kier molecular flexibility index (Phi) is 3.66. The molecule has 2 aromatic rings. The van der Waals surface area contributed by atoms with Crippen LogP contribution in [0.4, 0.5) is 0 Å².